The van der Waals surface area contributed by atoms with Gasteiger partial charge in [-0.2, -0.15) is 5.26 Å². The molecular formula is C22H23IN2O3. The van der Waals surface area contributed by atoms with Crippen LogP contribution in [0.1, 0.15) is 31.4 Å². The minimum absolute atomic E-state index is 0.0136. The maximum Gasteiger partial charge on any atom is 0.266 e. The zero-order valence-corrected chi connectivity index (χ0v) is 18.4. The van der Waals surface area contributed by atoms with E-state index in [1.807, 2.05) is 43.3 Å². The molecule has 0 atom stereocenters. The molecule has 0 bridgehead atoms. The summed E-state index contributed by atoms with van der Waals surface area (Å²) < 4.78 is 12.0. The molecule has 2 aromatic carbocycles. The first-order valence-electron chi connectivity index (χ1n) is 9.04. The molecule has 0 aliphatic heterocycles. The van der Waals surface area contributed by atoms with Crippen LogP contribution in [0.15, 0.2) is 42.0 Å². The van der Waals surface area contributed by atoms with Crippen molar-refractivity contribution in [1.29, 1.82) is 5.26 Å². The molecule has 146 valence electrons. The third-order valence-electron chi connectivity index (χ3n) is 4.00. The molecule has 0 heterocycles. The highest BCUT2D eigenvalue weighted by Crippen LogP contribution is 2.34. The van der Waals surface area contributed by atoms with E-state index >= 15 is 0 Å². The molecule has 0 saturated carbocycles. The second kappa shape index (κ2) is 10.7. The van der Waals surface area contributed by atoms with Gasteiger partial charge in [0.25, 0.3) is 5.91 Å². The van der Waals surface area contributed by atoms with Crippen LogP contribution >= 0.6 is 22.6 Å². The van der Waals surface area contributed by atoms with Gasteiger partial charge in [0.1, 0.15) is 11.6 Å². The molecule has 2 aromatic rings. The van der Waals surface area contributed by atoms with E-state index in [2.05, 4.69) is 34.8 Å². The Hall–Kier alpha value is -2.53. The lowest BCUT2D eigenvalue weighted by Crippen LogP contribution is -2.13. The summed E-state index contributed by atoms with van der Waals surface area (Å²) in [6.07, 6.45) is 3.36. The van der Waals surface area contributed by atoms with E-state index in [1.54, 1.807) is 19.3 Å². The van der Waals surface area contributed by atoms with Gasteiger partial charge in [-0.25, -0.2) is 0 Å². The lowest BCUT2D eigenvalue weighted by Gasteiger charge is -2.13. The number of amides is 1. The van der Waals surface area contributed by atoms with Crippen LogP contribution in [0.3, 0.4) is 0 Å². The summed E-state index contributed by atoms with van der Waals surface area (Å²) in [5, 5.41) is 12.2. The van der Waals surface area contributed by atoms with Gasteiger partial charge in [-0.15, -0.1) is 0 Å². The Morgan fingerprint density at radius 2 is 1.96 bits per heavy atom. The SMILES string of the molecule is CCCOc1c(I)cc(/C=C(/C#N)C(=O)Nc2ccc(CC)cc2)cc1OC. The molecule has 0 saturated heterocycles. The second-order valence-electron chi connectivity index (χ2n) is 6.06. The number of nitrogens with zero attached hydrogens (tertiary/aromatic N) is 1. The lowest BCUT2D eigenvalue weighted by atomic mass is 10.1. The Morgan fingerprint density at radius 1 is 1.25 bits per heavy atom. The topological polar surface area (TPSA) is 71.3 Å². The number of methoxy groups -OCH3 is 1. The molecule has 1 N–H and O–H groups in total. The first-order chi connectivity index (χ1) is 13.5. The van der Waals surface area contributed by atoms with Gasteiger partial charge in [-0.1, -0.05) is 26.0 Å². The fourth-order valence-electron chi connectivity index (χ4n) is 2.50. The van der Waals surface area contributed by atoms with Crippen LogP contribution in [0.4, 0.5) is 5.69 Å². The monoisotopic (exact) mass is 490 g/mol. The van der Waals surface area contributed by atoms with Crippen molar-refractivity contribution in [2.24, 2.45) is 0 Å². The maximum atomic E-state index is 12.5. The summed E-state index contributed by atoms with van der Waals surface area (Å²) in [6, 6.07) is 13.2. The van der Waals surface area contributed by atoms with Crippen LogP contribution in [0, 0.1) is 14.9 Å². The number of rotatable bonds is 8. The van der Waals surface area contributed by atoms with Crippen LogP contribution < -0.4 is 14.8 Å². The second-order valence-corrected chi connectivity index (χ2v) is 7.22. The van der Waals surface area contributed by atoms with Crippen molar-refractivity contribution < 1.29 is 14.3 Å². The number of carbonyl (C=O) groups is 1. The van der Waals surface area contributed by atoms with Crippen molar-refractivity contribution in [3.05, 3.63) is 56.7 Å². The maximum absolute atomic E-state index is 12.5. The normalized spacial score (nSPS) is 10.9. The van der Waals surface area contributed by atoms with Gasteiger partial charge in [-0.3, -0.25) is 4.79 Å². The standard InChI is InChI=1S/C22H23IN2O3/c1-4-10-28-21-19(23)12-16(13-20(21)27-3)11-17(14-24)22(26)25-18-8-6-15(5-2)7-9-18/h6-9,11-13H,4-5,10H2,1-3H3,(H,25,26)/b17-11-. The molecule has 1 amide bonds. The molecule has 0 radical (unpaired) electrons. The first kappa shape index (κ1) is 21.8. The Morgan fingerprint density at radius 3 is 2.54 bits per heavy atom. The van der Waals surface area contributed by atoms with E-state index in [9.17, 15) is 10.1 Å². The van der Waals surface area contributed by atoms with Gasteiger partial charge in [-0.05, 0) is 76.9 Å². The first-order valence-corrected chi connectivity index (χ1v) is 10.1. The molecule has 0 aliphatic carbocycles. The van der Waals surface area contributed by atoms with E-state index in [0.29, 0.717) is 29.4 Å². The number of hydrogen-bond acceptors (Lipinski definition) is 4. The third-order valence-corrected chi connectivity index (χ3v) is 4.80. The van der Waals surface area contributed by atoms with Crippen molar-refractivity contribution in [2.75, 3.05) is 19.0 Å². The predicted molar refractivity (Wildman–Crippen MR) is 120 cm³/mol. The van der Waals surface area contributed by atoms with Gasteiger partial charge in [0.05, 0.1) is 17.3 Å². The van der Waals surface area contributed by atoms with Crippen LogP contribution in [-0.2, 0) is 11.2 Å². The lowest BCUT2D eigenvalue weighted by molar-refractivity contribution is -0.112. The summed E-state index contributed by atoms with van der Waals surface area (Å²) in [6.45, 7) is 4.69. The third kappa shape index (κ3) is 5.73. The average molecular weight is 490 g/mol. The van der Waals surface area contributed by atoms with E-state index in [0.717, 1.165) is 16.4 Å². The van der Waals surface area contributed by atoms with Crippen LogP contribution in [0.25, 0.3) is 6.08 Å². The van der Waals surface area contributed by atoms with Crippen molar-refractivity contribution in [3.63, 3.8) is 0 Å². The molecule has 0 spiro atoms. The number of halogens is 1. The molecular weight excluding hydrogens is 467 g/mol. The number of hydrogen-bond donors (Lipinski definition) is 1. The van der Waals surface area contributed by atoms with Gasteiger partial charge in [0.15, 0.2) is 11.5 Å². The Bertz CT molecular complexity index is 899. The van der Waals surface area contributed by atoms with E-state index in [4.69, 9.17) is 9.47 Å². The number of carbonyl (C=O) groups excluding carboxylic acids is 1. The quantitative estimate of drug-likeness (QED) is 0.314. The van der Waals surface area contributed by atoms with E-state index in [-0.39, 0.29) is 5.57 Å². The average Bonchev–Trinajstić information content (AvgIpc) is 2.71. The Kier molecular flexibility index (Phi) is 8.33. The van der Waals surface area contributed by atoms with Crippen molar-refractivity contribution >= 4 is 40.3 Å². The number of ether oxygens (including phenoxy) is 2. The zero-order chi connectivity index (χ0) is 20.5. The highest BCUT2D eigenvalue weighted by Gasteiger charge is 2.14. The van der Waals surface area contributed by atoms with Crippen LogP contribution in [0.2, 0.25) is 0 Å². The number of nitrogens with one attached hydrogen (secondary N) is 1. The predicted octanol–water partition coefficient (Wildman–Crippen LogP) is 5.20. The molecule has 28 heavy (non-hydrogen) atoms. The molecule has 0 aliphatic rings. The van der Waals surface area contributed by atoms with Gasteiger partial charge in [0, 0.05) is 5.69 Å². The summed E-state index contributed by atoms with van der Waals surface area (Å²) in [5.41, 5.74) is 2.54. The highest BCUT2D eigenvalue weighted by atomic mass is 127. The number of anilines is 1. The minimum atomic E-state index is -0.452. The molecule has 0 fully saturated rings. The molecule has 2 rings (SSSR count). The van der Waals surface area contributed by atoms with E-state index < -0.39 is 5.91 Å². The molecule has 0 unspecified atom stereocenters. The summed E-state index contributed by atoms with van der Waals surface area (Å²) >= 11 is 2.16. The van der Waals surface area contributed by atoms with Gasteiger partial charge in [0.2, 0.25) is 0 Å². The number of benzene rings is 2. The van der Waals surface area contributed by atoms with Crippen LogP contribution in [0.5, 0.6) is 11.5 Å². The fraction of sp³-hybridized carbons (Fsp3) is 0.273. The zero-order valence-electron chi connectivity index (χ0n) is 16.2. The van der Waals surface area contributed by atoms with Crippen molar-refractivity contribution in [1.82, 2.24) is 0 Å². The fourth-order valence-corrected chi connectivity index (χ4v) is 3.29. The number of nitriles is 1. The van der Waals surface area contributed by atoms with Gasteiger partial charge < -0.3 is 14.8 Å². The smallest absolute Gasteiger partial charge is 0.266 e. The van der Waals surface area contributed by atoms with E-state index in [1.165, 1.54) is 5.56 Å². The number of aryl methyl sites for hydroxylation is 1. The van der Waals surface area contributed by atoms with Crippen molar-refractivity contribution in [3.8, 4) is 17.6 Å². The van der Waals surface area contributed by atoms with Crippen molar-refractivity contribution in [2.45, 2.75) is 26.7 Å². The summed E-state index contributed by atoms with van der Waals surface area (Å²) in [5.74, 6) is 0.785. The largest absolute Gasteiger partial charge is 0.493 e. The molecule has 6 heteroatoms. The summed E-state index contributed by atoms with van der Waals surface area (Å²) in [4.78, 5) is 12.5. The summed E-state index contributed by atoms with van der Waals surface area (Å²) in [7, 11) is 1.57. The molecule has 0 aromatic heterocycles. The van der Waals surface area contributed by atoms with Gasteiger partial charge >= 0.3 is 0 Å². The minimum Gasteiger partial charge on any atom is -0.493 e. The Labute approximate surface area is 179 Å². The molecule has 5 nitrogen and oxygen atoms in total. The highest BCUT2D eigenvalue weighted by molar-refractivity contribution is 14.1. The van der Waals surface area contributed by atoms with Crippen LogP contribution in [-0.4, -0.2) is 19.6 Å². The Balaban J connectivity index is 2.26.